The third-order valence-corrected chi connectivity index (χ3v) is 3.34. The van der Waals surface area contributed by atoms with Crippen LogP contribution in [0.1, 0.15) is 6.23 Å². The van der Waals surface area contributed by atoms with Crippen LogP contribution >= 0.6 is 0 Å². The van der Waals surface area contributed by atoms with E-state index >= 15 is 0 Å². The van der Waals surface area contributed by atoms with E-state index in [0.29, 0.717) is 11.2 Å². The van der Waals surface area contributed by atoms with E-state index in [1.54, 1.807) is 4.57 Å². The summed E-state index contributed by atoms with van der Waals surface area (Å²) >= 11 is 0. The lowest BCUT2D eigenvalue weighted by Gasteiger charge is -2.19. The first-order chi connectivity index (χ1) is 9.67. The number of nitrogens with two attached hydrogens (primary N) is 1. The summed E-state index contributed by atoms with van der Waals surface area (Å²) in [5.74, 6) is 0.282. The number of aliphatic hydroxyl groups is 1. The summed E-state index contributed by atoms with van der Waals surface area (Å²) in [7, 11) is 2.94. The Morgan fingerprint density at radius 1 is 1.30 bits per heavy atom. The van der Waals surface area contributed by atoms with E-state index in [1.807, 2.05) is 0 Å². The zero-order chi connectivity index (χ0) is 14.3. The molecule has 2 aromatic heterocycles. The number of hydrogen-bond acceptors (Lipinski definition) is 8. The fourth-order valence-corrected chi connectivity index (χ4v) is 2.35. The quantitative estimate of drug-likeness (QED) is 0.757. The number of aromatic nitrogens is 4. The van der Waals surface area contributed by atoms with Gasteiger partial charge in [-0.05, 0) is 0 Å². The van der Waals surface area contributed by atoms with Gasteiger partial charge in [0.05, 0.1) is 6.33 Å². The Bertz CT molecular complexity index is 618. The first-order valence-corrected chi connectivity index (χ1v) is 5.99. The van der Waals surface area contributed by atoms with Crippen LogP contribution in [0.3, 0.4) is 0 Å². The molecule has 1 saturated heterocycles. The van der Waals surface area contributed by atoms with E-state index in [1.165, 1.54) is 26.9 Å². The van der Waals surface area contributed by atoms with Crippen molar-refractivity contribution in [3.8, 4) is 0 Å². The van der Waals surface area contributed by atoms with Crippen LogP contribution in [0.15, 0.2) is 12.7 Å². The van der Waals surface area contributed by atoms with Crippen molar-refractivity contribution in [1.29, 1.82) is 0 Å². The predicted molar refractivity (Wildman–Crippen MR) is 67.5 cm³/mol. The van der Waals surface area contributed by atoms with Crippen LogP contribution in [0.2, 0.25) is 0 Å². The van der Waals surface area contributed by atoms with Crippen LogP contribution in [-0.2, 0) is 14.2 Å². The van der Waals surface area contributed by atoms with Gasteiger partial charge in [0.2, 0.25) is 0 Å². The Hall–Kier alpha value is -1.81. The molecule has 1 aliphatic heterocycles. The third kappa shape index (κ3) is 1.83. The highest BCUT2D eigenvalue weighted by atomic mass is 16.7. The van der Waals surface area contributed by atoms with Crippen LogP contribution in [-0.4, -0.2) is 57.3 Å². The lowest BCUT2D eigenvalue weighted by atomic mass is 10.2. The molecule has 3 N–H and O–H groups in total. The van der Waals surface area contributed by atoms with Gasteiger partial charge in [0.25, 0.3) is 0 Å². The molecule has 2 aromatic rings. The molecule has 3 heterocycles. The minimum Gasteiger partial charge on any atom is -0.385 e. The van der Waals surface area contributed by atoms with Gasteiger partial charge in [-0.3, -0.25) is 4.57 Å². The number of ether oxygens (including phenoxy) is 3. The summed E-state index contributed by atoms with van der Waals surface area (Å²) in [5, 5.41) is 10.1. The normalized spacial score (nSPS) is 30.1. The minimum atomic E-state index is -0.911. The number of methoxy groups -OCH3 is 2. The minimum absolute atomic E-state index is 0.282. The molecule has 9 nitrogen and oxygen atoms in total. The van der Waals surface area contributed by atoms with Gasteiger partial charge in [0.1, 0.15) is 24.1 Å². The number of nitrogens with zero attached hydrogens (tertiary/aromatic N) is 4. The molecule has 1 aliphatic rings. The average Bonchev–Trinajstić information content (AvgIpc) is 3.00. The monoisotopic (exact) mass is 281 g/mol. The molecule has 0 radical (unpaired) electrons. The van der Waals surface area contributed by atoms with Gasteiger partial charge in [-0.15, -0.1) is 0 Å². The van der Waals surface area contributed by atoms with Crippen LogP contribution in [0.4, 0.5) is 5.82 Å². The fourth-order valence-electron chi connectivity index (χ4n) is 2.35. The summed E-state index contributed by atoms with van der Waals surface area (Å²) in [5.41, 5.74) is 6.72. The SMILES string of the molecule is COC1C(O)[C@@H](OC)O[C@H]1n1cnc2c(N)ncnc21. The second-order valence-corrected chi connectivity index (χ2v) is 4.40. The van der Waals surface area contributed by atoms with E-state index < -0.39 is 24.7 Å². The van der Waals surface area contributed by atoms with Gasteiger partial charge < -0.3 is 25.1 Å². The Morgan fingerprint density at radius 3 is 2.80 bits per heavy atom. The molecule has 0 bridgehead atoms. The van der Waals surface area contributed by atoms with Crippen molar-refractivity contribution < 1.29 is 19.3 Å². The molecule has 1 fully saturated rings. The van der Waals surface area contributed by atoms with Gasteiger partial charge in [-0.25, -0.2) is 15.0 Å². The lowest BCUT2D eigenvalue weighted by Crippen LogP contribution is -2.33. The molecule has 0 spiro atoms. The van der Waals surface area contributed by atoms with Gasteiger partial charge in [0, 0.05) is 14.2 Å². The van der Waals surface area contributed by atoms with Crippen LogP contribution in [0, 0.1) is 0 Å². The molecule has 2 unspecified atom stereocenters. The largest absolute Gasteiger partial charge is 0.385 e. The van der Waals surface area contributed by atoms with Gasteiger partial charge in [-0.1, -0.05) is 0 Å². The standard InChI is InChI=1S/C11H15N5O4/c1-18-7-6(17)11(19-2)20-10(7)16-4-15-5-8(12)13-3-14-9(5)16/h3-4,6-7,10-11,17H,1-2H3,(H2,12,13,14)/t6?,7?,10-,11+/m1/s1. The molecule has 4 atom stereocenters. The topological polar surface area (TPSA) is 118 Å². The number of imidazole rings is 1. The van der Waals surface area contributed by atoms with Crippen molar-refractivity contribution >= 4 is 17.0 Å². The first-order valence-electron chi connectivity index (χ1n) is 5.99. The van der Waals surface area contributed by atoms with Gasteiger partial charge in [-0.2, -0.15) is 0 Å². The van der Waals surface area contributed by atoms with Crippen LogP contribution in [0.5, 0.6) is 0 Å². The number of hydrogen-bond donors (Lipinski definition) is 2. The van der Waals surface area contributed by atoms with Crippen molar-refractivity contribution in [2.24, 2.45) is 0 Å². The summed E-state index contributed by atoms with van der Waals surface area (Å²) in [6.45, 7) is 0. The third-order valence-electron chi connectivity index (χ3n) is 3.34. The van der Waals surface area contributed by atoms with Crippen molar-refractivity contribution in [1.82, 2.24) is 19.5 Å². The molecular formula is C11H15N5O4. The fraction of sp³-hybridized carbons (Fsp3) is 0.545. The second-order valence-electron chi connectivity index (χ2n) is 4.40. The molecule has 9 heteroatoms. The van der Waals surface area contributed by atoms with Gasteiger partial charge >= 0.3 is 0 Å². The Morgan fingerprint density at radius 2 is 2.10 bits per heavy atom. The zero-order valence-electron chi connectivity index (χ0n) is 11.0. The molecule has 3 rings (SSSR count). The van der Waals surface area contributed by atoms with E-state index in [4.69, 9.17) is 19.9 Å². The highest BCUT2D eigenvalue weighted by molar-refractivity contribution is 5.81. The summed E-state index contributed by atoms with van der Waals surface area (Å²) in [6.07, 6.45) is -0.0328. The first kappa shape index (κ1) is 13.2. The molecule has 0 amide bonds. The lowest BCUT2D eigenvalue weighted by molar-refractivity contribution is -0.160. The number of aliphatic hydroxyl groups excluding tert-OH is 1. The van der Waals surface area contributed by atoms with Gasteiger partial charge in [0.15, 0.2) is 24.0 Å². The van der Waals surface area contributed by atoms with Crippen molar-refractivity contribution in [3.05, 3.63) is 12.7 Å². The summed E-state index contributed by atoms with van der Waals surface area (Å²) < 4.78 is 17.7. The molecular weight excluding hydrogens is 266 g/mol. The number of fused-ring (bicyclic) bond motifs is 1. The highest BCUT2D eigenvalue weighted by Crippen LogP contribution is 2.33. The summed E-state index contributed by atoms with van der Waals surface area (Å²) in [4.78, 5) is 12.2. The van der Waals surface area contributed by atoms with Crippen molar-refractivity contribution in [2.45, 2.75) is 24.7 Å². The Kier molecular flexibility index (Phi) is 3.26. The summed E-state index contributed by atoms with van der Waals surface area (Å²) in [6, 6.07) is 0. The molecule has 0 aromatic carbocycles. The highest BCUT2D eigenvalue weighted by Gasteiger charge is 2.46. The van der Waals surface area contributed by atoms with Crippen molar-refractivity contribution in [2.75, 3.05) is 20.0 Å². The molecule has 20 heavy (non-hydrogen) atoms. The van der Waals surface area contributed by atoms with E-state index in [-0.39, 0.29) is 5.82 Å². The Labute approximate surface area is 114 Å². The smallest absolute Gasteiger partial charge is 0.188 e. The van der Waals surface area contributed by atoms with Crippen LogP contribution in [0.25, 0.3) is 11.2 Å². The number of anilines is 1. The predicted octanol–water partition coefficient (Wildman–Crippen LogP) is -0.714. The number of rotatable bonds is 3. The molecule has 108 valence electrons. The number of nitrogen functional groups attached to an aromatic ring is 1. The second kappa shape index (κ2) is 4.94. The van der Waals surface area contributed by atoms with Crippen molar-refractivity contribution in [3.63, 3.8) is 0 Å². The molecule has 0 saturated carbocycles. The van der Waals surface area contributed by atoms with E-state index in [2.05, 4.69) is 15.0 Å². The average molecular weight is 281 g/mol. The van der Waals surface area contributed by atoms with E-state index in [0.717, 1.165) is 0 Å². The maximum absolute atomic E-state index is 10.1. The molecule has 0 aliphatic carbocycles. The maximum atomic E-state index is 10.1. The van der Waals surface area contributed by atoms with Crippen LogP contribution < -0.4 is 5.73 Å². The zero-order valence-corrected chi connectivity index (χ0v) is 11.0. The maximum Gasteiger partial charge on any atom is 0.188 e. The Balaban J connectivity index is 2.04. The van der Waals surface area contributed by atoms with E-state index in [9.17, 15) is 5.11 Å².